The fraction of sp³-hybridized carbons (Fsp3) is 0.571. The fourth-order valence-corrected chi connectivity index (χ4v) is 1.39. The van der Waals surface area contributed by atoms with E-state index in [2.05, 4.69) is 43.4 Å². The minimum atomic E-state index is 0.734. The normalized spacial score (nSPS) is 10.9. The molecule has 16 heavy (non-hydrogen) atoms. The molecule has 0 spiro atoms. The van der Waals surface area contributed by atoms with Gasteiger partial charge < -0.3 is 10.1 Å². The van der Waals surface area contributed by atoms with E-state index in [4.69, 9.17) is 4.74 Å². The highest BCUT2D eigenvalue weighted by Gasteiger charge is 1.94. The Morgan fingerprint density at radius 3 is 2.56 bits per heavy atom. The highest BCUT2D eigenvalue weighted by molar-refractivity contribution is 5.14. The van der Waals surface area contributed by atoms with Gasteiger partial charge in [-0.25, -0.2) is 0 Å². The Balaban J connectivity index is 1.93. The van der Waals surface area contributed by atoms with Gasteiger partial charge in [-0.2, -0.15) is 0 Å². The Kier molecular flexibility index (Phi) is 6.86. The maximum atomic E-state index is 5.52. The molecule has 2 nitrogen and oxygen atoms in total. The van der Waals surface area contributed by atoms with Crippen LogP contribution in [-0.2, 0) is 11.3 Å². The molecule has 0 saturated heterocycles. The monoisotopic (exact) mass is 221 g/mol. The zero-order chi connectivity index (χ0) is 11.6. The lowest BCUT2D eigenvalue weighted by molar-refractivity contribution is 0.125. The van der Waals surface area contributed by atoms with Gasteiger partial charge in [-0.05, 0) is 17.9 Å². The van der Waals surface area contributed by atoms with E-state index in [1.165, 1.54) is 5.56 Å². The first kappa shape index (κ1) is 13.2. The van der Waals surface area contributed by atoms with Crippen molar-refractivity contribution in [3.05, 3.63) is 35.9 Å². The molecule has 0 radical (unpaired) electrons. The van der Waals surface area contributed by atoms with E-state index in [0.29, 0.717) is 0 Å². The Labute approximate surface area is 99.0 Å². The van der Waals surface area contributed by atoms with E-state index in [0.717, 1.165) is 38.6 Å². The van der Waals surface area contributed by atoms with Crippen LogP contribution in [0.4, 0.5) is 0 Å². The van der Waals surface area contributed by atoms with Crippen molar-refractivity contribution in [1.29, 1.82) is 0 Å². The van der Waals surface area contributed by atoms with Gasteiger partial charge >= 0.3 is 0 Å². The number of ether oxygens (including phenoxy) is 1. The Hall–Kier alpha value is -0.860. The molecule has 0 aromatic heterocycles. The van der Waals surface area contributed by atoms with Gasteiger partial charge in [-0.15, -0.1) is 0 Å². The molecule has 1 aromatic rings. The lowest BCUT2D eigenvalue weighted by Gasteiger charge is -2.07. The molecule has 0 saturated carbocycles. The third-order valence-electron chi connectivity index (χ3n) is 2.43. The van der Waals surface area contributed by atoms with Crippen LogP contribution in [0, 0.1) is 5.92 Å². The number of hydrogen-bond donors (Lipinski definition) is 1. The van der Waals surface area contributed by atoms with Crippen LogP contribution in [0.3, 0.4) is 0 Å². The largest absolute Gasteiger partial charge is 0.380 e. The SMILES string of the molecule is CC(C)CCOCCNCc1ccccc1. The molecule has 0 amide bonds. The summed E-state index contributed by atoms with van der Waals surface area (Å²) in [6, 6.07) is 10.4. The number of benzene rings is 1. The first-order chi connectivity index (χ1) is 7.79. The van der Waals surface area contributed by atoms with Gasteiger partial charge in [0.15, 0.2) is 0 Å². The van der Waals surface area contributed by atoms with Crippen molar-refractivity contribution >= 4 is 0 Å². The van der Waals surface area contributed by atoms with E-state index in [1.807, 2.05) is 6.07 Å². The molecule has 0 atom stereocenters. The first-order valence-corrected chi connectivity index (χ1v) is 6.11. The molecule has 90 valence electrons. The number of nitrogens with one attached hydrogen (secondary N) is 1. The lowest BCUT2D eigenvalue weighted by Crippen LogP contribution is -2.19. The zero-order valence-corrected chi connectivity index (χ0v) is 10.4. The van der Waals surface area contributed by atoms with Crippen LogP contribution < -0.4 is 5.32 Å². The third kappa shape index (κ3) is 6.59. The summed E-state index contributed by atoms with van der Waals surface area (Å²) in [6.45, 7) is 7.97. The Morgan fingerprint density at radius 2 is 1.88 bits per heavy atom. The molecule has 0 aliphatic carbocycles. The van der Waals surface area contributed by atoms with Crippen LogP contribution in [0.1, 0.15) is 25.8 Å². The molecule has 1 N–H and O–H groups in total. The molecule has 1 aromatic carbocycles. The molecular weight excluding hydrogens is 198 g/mol. The Morgan fingerprint density at radius 1 is 1.12 bits per heavy atom. The van der Waals surface area contributed by atoms with Crippen molar-refractivity contribution in [2.24, 2.45) is 5.92 Å². The second-order valence-corrected chi connectivity index (χ2v) is 4.46. The van der Waals surface area contributed by atoms with Crippen molar-refractivity contribution in [2.75, 3.05) is 19.8 Å². The fourth-order valence-electron chi connectivity index (χ4n) is 1.39. The summed E-state index contributed by atoms with van der Waals surface area (Å²) in [7, 11) is 0. The zero-order valence-electron chi connectivity index (χ0n) is 10.4. The van der Waals surface area contributed by atoms with E-state index >= 15 is 0 Å². The predicted octanol–water partition coefficient (Wildman–Crippen LogP) is 2.84. The second-order valence-electron chi connectivity index (χ2n) is 4.46. The summed E-state index contributed by atoms with van der Waals surface area (Å²) in [5, 5.41) is 3.36. The van der Waals surface area contributed by atoms with Crippen molar-refractivity contribution < 1.29 is 4.74 Å². The van der Waals surface area contributed by atoms with Crippen molar-refractivity contribution in [2.45, 2.75) is 26.8 Å². The van der Waals surface area contributed by atoms with Crippen molar-refractivity contribution in [3.63, 3.8) is 0 Å². The molecule has 0 aliphatic heterocycles. The maximum absolute atomic E-state index is 5.52. The number of rotatable bonds is 8. The summed E-state index contributed by atoms with van der Waals surface area (Å²) >= 11 is 0. The van der Waals surface area contributed by atoms with Crippen LogP contribution in [0.15, 0.2) is 30.3 Å². The second kappa shape index (κ2) is 8.31. The topological polar surface area (TPSA) is 21.3 Å². The minimum Gasteiger partial charge on any atom is -0.380 e. The third-order valence-corrected chi connectivity index (χ3v) is 2.43. The van der Waals surface area contributed by atoms with Gasteiger partial charge in [0.2, 0.25) is 0 Å². The molecule has 0 heterocycles. The summed E-state index contributed by atoms with van der Waals surface area (Å²) < 4.78 is 5.52. The quantitative estimate of drug-likeness (QED) is 0.682. The smallest absolute Gasteiger partial charge is 0.0591 e. The van der Waals surface area contributed by atoms with Gasteiger partial charge in [-0.3, -0.25) is 0 Å². The highest BCUT2D eigenvalue weighted by Crippen LogP contribution is 1.99. The van der Waals surface area contributed by atoms with Crippen molar-refractivity contribution in [3.8, 4) is 0 Å². The average molecular weight is 221 g/mol. The molecular formula is C14H23NO. The van der Waals surface area contributed by atoms with Crippen LogP contribution >= 0.6 is 0 Å². The van der Waals surface area contributed by atoms with E-state index < -0.39 is 0 Å². The molecule has 2 heteroatoms. The first-order valence-electron chi connectivity index (χ1n) is 6.11. The van der Waals surface area contributed by atoms with Gasteiger partial charge in [0, 0.05) is 19.7 Å². The summed E-state index contributed by atoms with van der Waals surface area (Å²) in [5.41, 5.74) is 1.32. The van der Waals surface area contributed by atoms with Gasteiger partial charge in [0.1, 0.15) is 0 Å². The van der Waals surface area contributed by atoms with Gasteiger partial charge in [0.05, 0.1) is 6.61 Å². The van der Waals surface area contributed by atoms with Crippen LogP contribution in [0.25, 0.3) is 0 Å². The van der Waals surface area contributed by atoms with Crippen LogP contribution in [-0.4, -0.2) is 19.8 Å². The molecule has 0 bridgehead atoms. The maximum Gasteiger partial charge on any atom is 0.0591 e. The predicted molar refractivity (Wildman–Crippen MR) is 68.4 cm³/mol. The molecule has 0 fully saturated rings. The summed E-state index contributed by atoms with van der Waals surface area (Å²) in [5.74, 6) is 0.734. The number of hydrogen-bond acceptors (Lipinski definition) is 2. The standard InChI is InChI=1S/C14H23NO/c1-13(2)8-10-16-11-9-15-12-14-6-4-3-5-7-14/h3-7,13,15H,8-12H2,1-2H3. The van der Waals surface area contributed by atoms with E-state index in [9.17, 15) is 0 Å². The van der Waals surface area contributed by atoms with E-state index in [1.54, 1.807) is 0 Å². The Bertz CT molecular complexity index is 259. The van der Waals surface area contributed by atoms with Gasteiger partial charge in [-0.1, -0.05) is 44.2 Å². The van der Waals surface area contributed by atoms with Crippen LogP contribution in [0.2, 0.25) is 0 Å². The van der Waals surface area contributed by atoms with Crippen LogP contribution in [0.5, 0.6) is 0 Å². The molecule has 1 rings (SSSR count). The molecule has 0 unspecified atom stereocenters. The minimum absolute atomic E-state index is 0.734. The summed E-state index contributed by atoms with van der Waals surface area (Å²) in [4.78, 5) is 0. The van der Waals surface area contributed by atoms with Crippen molar-refractivity contribution in [1.82, 2.24) is 5.32 Å². The molecule has 0 aliphatic rings. The summed E-state index contributed by atoms with van der Waals surface area (Å²) in [6.07, 6.45) is 1.15. The highest BCUT2D eigenvalue weighted by atomic mass is 16.5. The average Bonchev–Trinajstić information content (AvgIpc) is 2.29. The van der Waals surface area contributed by atoms with Gasteiger partial charge in [0.25, 0.3) is 0 Å². The lowest BCUT2D eigenvalue weighted by atomic mass is 10.1. The van der Waals surface area contributed by atoms with E-state index in [-0.39, 0.29) is 0 Å².